The summed E-state index contributed by atoms with van der Waals surface area (Å²) >= 11 is 1.94. The van der Waals surface area contributed by atoms with Gasteiger partial charge in [0.15, 0.2) is 0 Å². The predicted molar refractivity (Wildman–Crippen MR) is 97.8 cm³/mol. The first-order valence-corrected chi connectivity index (χ1v) is 9.24. The van der Waals surface area contributed by atoms with Crippen LogP contribution in [0.1, 0.15) is 29.2 Å². The van der Waals surface area contributed by atoms with E-state index >= 15 is 0 Å². The minimum atomic E-state index is 0.808. The molecule has 1 aromatic carbocycles. The smallest absolute Gasteiger partial charge is 0.145 e. The molecule has 24 heavy (non-hydrogen) atoms. The zero-order chi connectivity index (χ0) is 16.7. The number of fused-ring (bicyclic) bond motifs is 1. The summed E-state index contributed by atoms with van der Waals surface area (Å²) in [5.74, 6) is 2.96. The molecule has 0 fully saturated rings. The lowest BCUT2D eigenvalue weighted by Crippen LogP contribution is -2.08. The fourth-order valence-corrected chi connectivity index (χ4v) is 4.64. The molecule has 0 spiro atoms. The average molecular weight is 336 g/mol. The Hall–Kier alpha value is -2.14. The number of imidazole rings is 1. The van der Waals surface area contributed by atoms with Gasteiger partial charge in [-0.3, -0.25) is 4.57 Å². The summed E-state index contributed by atoms with van der Waals surface area (Å²) in [6.07, 6.45) is 6.28. The van der Waals surface area contributed by atoms with Crippen molar-refractivity contribution in [2.75, 3.05) is 5.75 Å². The van der Waals surface area contributed by atoms with Crippen LogP contribution < -0.4 is 0 Å². The number of thioether (sulfide) groups is 1. The SMILES string of the molecule is Cc1nc(C)c(-n2ccnc2-c2cccc3c2SCCC3)c(C)n1. The molecule has 122 valence electrons. The minimum Gasteiger partial charge on any atom is -0.296 e. The van der Waals surface area contributed by atoms with Crippen LogP contribution in [0.3, 0.4) is 0 Å². The second-order valence-corrected chi connectivity index (χ2v) is 7.26. The normalized spacial score (nSPS) is 13.8. The molecule has 0 bridgehead atoms. The summed E-state index contributed by atoms with van der Waals surface area (Å²) in [5.41, 5.74) is 5.65. The first-order valence-electron chi connectivity index (χ1n) is 8.26. The molecule has 0 radical (unpaired) electrons. The van der Waals surface area contributed by atoms with E-state index in [0.717, 1.165) is 35.1 Å². The maximum Gasteiger partial charge on any atom is 0.145 e. The van der Waals surface area contributed by atoms with Gasteiger partial charge >= 0.3 is 0 Å². The van der Waals surface area contributed by atoms with Gasteiger partial charge in [-0.25, -0.2) is 15.0 Å². The van der Waals surface area contributed by atoms with Crippen LogP contribution >= 0.6 is 11.8 Å². The lowest BCUT2D eigenvalue weighted by molar-refractivity contribution is 0.884. The highest BCUT2D eigenvalue weighted by atomic mass is 32.2. The van der Waals surface area contributed by atoms with Crippen molar-refractivity contribution in [3.05, 3.63) is 53.4 Å². The number of aryl methyl sites for hydroxylation is 4. The predicted octanol–water partition coefficient (Wildman–Crippen LogP) is 4.29. The zero-order valence-electron chi connectivity index (χ0n) is 14.2. The largest absolute Gasteiger partial charge is 0.296 e. The van der Waals surface area contributed by atoms with E-state index in [1.807, 2.05) is 44.9 Å². The van der Waals surface area contributed by atoms with Gasteiger partial charge in [-0.05, 0) is 44.9 Å². The third-order valence-electron chi connectivity index (χ3n) is 4.40. The van der Waals surface area contributed by atoms with Gasteiger partial charge in [0.2, 0.25) is 0 Å². The van der Waals surface area contributed by atoms with E-state index in [2.05, 4.69) is 37.7 Å². The fraction of sp³-hybridized carbons (Fsp3) is 0.316. The third-order valence-corrected chi connectivity index (χ3v) is 5.66. The molecule has 3 heterocycles. The lowest BCUT2D eigenvalue weighted by atomic mass is 10.1. The number of hydrogen-bond acceptors (Lipinski definition) is 4. The van der Waals surface area contributed by atoms with Crippen molar-refractivity contribution < 1.29 is 0 Å². The number of aromatic nitrogens is 4. The minimum absolute atomic E-state index is 0.808. The second kappa shape index (κ2) is 6.06. The van der Waals surface area contributed by atoms with Crippen molar-refractivity contribution in [3.8, 4) is 17.1 Å². The van der Waals surface area contributed by atoms with Crippen LogP contribution in [0.25, 0.3) is 17.1 Å². The highest BCUT2D eigenvalue weighted by Crippen LogP contribution is 2.38. The van der Waals surface area contributed by atoms with Gasteiger partial charge in [0.1, 0.15) is 11.6 Å². The van der Waals surface area contributed by atoms with Crippen LogP contribution in [0.15, 0.2) is 35.5 Å². The maximum atomic E-state index is 4.67. The van der Waals surface area contributed by atoms with Crippen molar-refractivity contribution in [3.63, 3.8) is 0 Å². The van der Waals surface area contributed by atoms with Gasteiger partial charge in [-0.15, -0.1) is 11.8 Å². The molecule has 1 aliphatic rings. The Morgan fingerprint density at radius 3 is 2.67 bits per heavy atom. The zero-order valence-corrected chi connectivity index (χ0v) is 15.0. The van der Waals surface area contributed by atoms with Gasteiger partial charge in [0.25, 0.3) is 0 Å². The Morgan fingerprint density at radius 2 is 1.88 bits per heavy atom. The van der Waals surface area contributed by atoms with Gasteiger partial charge in [0.05, 0.1) is 17.1 Å². The molecular formula is C19H20N4S. The van der Waals surface area contributed by atoms with E-state index in [1.54, 1.807) is 0 Å². The van der Waals surface area contributed by atoms with Gasteiger partial charge in [-0.2, -0.15) is 0 Å². The highest BCUT2D eigenvalue weighted by Gasteiger charge is 2.20. The van der Waals surface area contributed by atoms with Crippen LogP contribution in [0.2, 0.25) is 0 Å². The monoisotopic (exact) mass is 336 g/mol. The molecule has 0 N–H and O–H groups in total. The summed E-state index contributed by atoms with van der Waals surface area (Å²) in [7, 11) is 0. The third kappa shape index (κ3) is 2.53. The summed E-state index contributed by atoms with van der Waals surface area (Å²) < 4.78 is 2.13. The first-order chi connectivity index (χ1) is 11.6. The molecule has 2 aromatic heterocycles. The van der Waals surface area contributed by atoms with Gasteiger partial charge in [0, 0.05) is 22.9 Å². The molecule has 0 amide bonds. The Balaban J connectivity index is 1.92. The van der Waals surface area contributed by atoms with Crippen LogP contribution in [0, 0.1) is 20.8 Å². The van der Waals surface area contributed by atoms with Crippen molar-refractivity contribution >= 4 is 11.8 Å². The lowest BCUT2D eigenvalue weighted by Gasteiger charge is -2.20. The molecule has 0 saturated heterocycles. The topological polar surface area (TPSA) is 43.6 Å². The summed E-state index contributed by atoms with van der Waals surface area (Å²) in [4.78, 5) is 15.1. The van der Waals surface area contributed by atoms with E-state index in [1.165, 1.54) is 28.2 Å². The molecule has 0 saturated carbocycles. The van der Waals surface area contributed by atoms with E-state index < -0.39 is 0 Å². The Bertz CT molecular complexity index is 890. The average Bonchev–Trinajstić information content (AvgIpc) is 3.02. The van der Waals surface area contributed by atoms with Gasteiger partial charge in [-0.1, -0.05) is 18.2 Å². The Morgan fingerprint density at radius 1 is 1.08 bits per heavy atom. The van der Waals surface area contributed by atoms with Crippen LogP contribution in [0.5, 0.6) is 0 Å². The fourth-order valence-electron chi connectivity index (χ4n) is 3.47. The van der Waals surface area contributed by atoms with Gasteiger partial charge < -0.3 is 0 Å². The molecule has 0 atom stereocenters. The molecular weight excluding hydrogens is 316 g/mol. The van der Waals surface area contributed by atoms with E-state index in [0.29, 0.717) is 0 Å². The van der Waals surface area contributed by atoms with E-state index in [4.69, 9.17) is 0 Å². The first kappa shape index (κ1) is 15.4. The molecule has 0 unspecified atom stereocenters. The molecule has 4 nitrogen and oxygen atoms in total. The van der Waals surface area contributed by atoms with E-state index in [-0.39, 0.29) is 0 Å². The summed E-state index contributed by atoms with van der Waals surface area (Å²) in [6.45, 7) is 6.01. The van der Waals surface area contributed by atoms with Crippen LogP contribution in [-0.4, -0.2) is 25.3 Å². The van der Waals surface area contributed by atoms with Crippen molar-refractivity contribution in [1.29, 1.82) is 0 Å². The standard InChI is InChI=1S/C19H20N4S/c1-12-17(13(2)22-14(3)21-12)23-10-9-20-19(23)16-8-4-6-15-7-5-11-24-18(15)16/h4,6,8-10H,5,7,11H2,1-3H3. The number of benzene rings is 1. The molecule has 1 aliphatic heterocycles. The molecule has 3 aromatic rings. The highest BCUT2D eigenvalue weighted by molar-refractivity contribution is 7.99. The van der Waals surface area contributed by atoms with Crippen molar-refractivity contribution in [1.82, 2.24) is 19.5 Å². The molecule has 5 heteroatoms. The quantitative estimate of drug-likeness (QED) is 0.700. The number of hydrogen-bond donors (Lipinski definition) is 0. The summed E-state index contributed by atoms with van der Waals surface area (Å²) in [6, 6.07) is 6.56. The second-order valence-electron chi connectivity index (χ2n) is 6.16. The maximum absolute atomic E-state index is 4.67. The number of nitrogens with zero attached hydrogens (tertiary/aromatic N) is 4. The van der Waals surface area contributed by atoms with Crippen LogP contribution in [-0.2, 0) is 6.42 Å². The van der Waals surface area contributed by atoms with Crippen LogP contribution in [0.4, 0.5) is 0 Å². The molecule has 4 rings (SSSR count). The van der Waals surface area contributed by atoms with Crippen molar-refractivity contribution in [2.24, 2.45) is 0 Å². The molecule has 0 aliphatic carbocycles. The van der Waals surface area contributed by atoms with E-state index in [9.17, 15) is 0 Å². The Labute approximate surface area is 146 Å². The van der Waals surface area contributed by atoms with Crippen molar-refractivity contribution in [2.45, 2.75) is 38.5 Å². The number of rotatable bonds is 2. The Kier molecular flexibility index (Phi) is 3.88. The summed E-state index contributed by atoms with van der Waals surface area (Å²) in [5, 5.41) is 0.